The van der Waals surface area contributed by atoms with Crippen LogP contribution in [0.1, 0.15) is 42.6 Å². The molecule has 0 bridgehead atoms. The van der Waals surface area contributed by atoms with Crippen LogP contribution in [0, 0.1) is 18.7 Å². The first-order valence-corrected chi connectivity index (χ1v) is 6.58. The number of nitrogens with one attached hydrogen (secondary N) is 1. The highest BCUT2D eigenvalue weighted by Crippen LogP contribution is 2.13. The molecule has 20 heavy (non-hydrogen) atoms. The zero-order valence-electron chi connectivity index (χ0n) is 11.9. The lowest BCUT2D eigenvalue weighted by atomic mass is 10.00. The highest BCUT2D eigenvalue weighted by molar-refractivity contribution is 5.96. The largest absolute Gasteiger partial charge is 0.481 e. The van der Waals surface area contributed by atoms with Crippen molar-refractivity contribution < 1.29 is 19.1 Å². The molecule has 1 amide bonds. The van der Waals surface area contributed by atoms with Gasteiger partial charge < -0.3 is 10.4 Å². The van der Waals surface area contributed by atoms with Crippen LogP contribution in [0.3, 0.4) is 0 Å². The monoisotopic (exact) mass is 281 g/mol. The van der Waals surface area contributed by atoms with E-state index in [4.69, 9.17) is 5.11 Å². The van der Waals surface area contributed by atoms with Gasteiger partial charge in [0.2, 0.25) is 0 Å². The van der Waals surface area contributed by atoms with Gasteiger partial charge >= 0.3 is 5.97 Å². The van der Waals surface area contributed by atoms with Gasteiger partial charge in [0.25, 0.3) is 5.91 Å². The van der Waals surface area contributed by atoms with Gasteiger partial charge in [0.1, 0.15) is 5.82 Å². The Kier molecular flexibility index (Phi) is 5.67. The Bertz CT molecular complexity index is 500. The zero-order valence-corrected chi connectivity index (χ0v) is 11.9. The number of halogens is 1. The highest BCUT2D eigenvalue weighted by Gasteiger charge is 2.19. The molecule has 0 aliphatic rings. The number of hydrogen-bond acceptors (Lipinski definition) is 2. The lowest BCUT2D eigenvalue weighted by Gasteiger charge is -2.19. The van der Waals surface area contributed by atoms with E-state index < -0.39 is 17.8 Å². The number of carbonyl (C=O) groups is 2. The molecule has 0 fully saturated rings. The number of aliphatic carboxylic acids is 1. The second-order valence-electron chi connectivity index (χ2n) is 5.36. The summed E-state index contributed by atoms with van der Waals surface area (Å²) in [5.74, 6) is -1.45. The fraction of sp³-hybridized carbons (Fsp3) is 0.467. The van der Waals surface area contributed by atoms with Gasteiger partial charge in [-0.25, -0.2) is 4.39 Å². The molecule has 0 aliphatic heterocycles. The summed E-state index contributed by atoms with van der Waals surface area (Å²) >= 11 is 0. The Hall–Kier alpha value is -1.91. The van der Waals surface area contributed by atoms with E-state index in [-0.39, 0.29) is 18.2 Å². The van der Waals surface area contributed by atoms with Crippen molar-refractivity contribution in [3.63, 3.8) is 0 Å². The molecule has 0 heterocycles. The molecule has 0 aromatic heterocycles. The number of rotatable bonds is 6. The minimum atomic E-state index is -0.952. The number of carboxylic acid groups (broad SMARTS) is 1. The standard InChI is InChI=1S/C15H20FNO3/c1-9(2)6-12(8-14(18)19)17-15(20)13-5-4-11(16)7-10(13)3/h4-5,7,9,12H,6,8H2,1-3H3,(H,17,20)(H,18,19). The third kappa shape index (κ3) is 4.99. The van der Waals surface area contributed by atoms with Gasteiger partial charge in [-0.1, -0.05) is 13.8 Å². The number of hydrogen-bond donors (Lipinski definition) is 2. The van der Waals surface area contributed by atoms with Crippen molar-refractivity contribution in [2.75, 3.05) is 0 Å². The molecule has 4 nitrogen and oxygen atoms in total. The van der Waals surface area contributed by atoms with E-state index in [0.29, 0.717) is 17.5 Å². The second-order valence-corrected chi connectivity index (χ2v) is 5.36. The maximum absolute atomic E-state index is 13.0. The summed E-state index contributed by atoms with van der Waals surface area (Å²) in [6, 6.07) is 3.48. The molecule has 2 N–H and O–H groups in total. The number of aryl methyl sites for hydroxylation is 1. The summed E-state index contributed by atoms with van der Waals surface area (Å²) in [5.41, 5.74) is 0.895. The van der Waals surface area contributed by atoms with Gasteiger partial charge in [0.05, 0.1) is 6.42 Å². The lowest BCUT2D eigenvalue weighted by Crippen LogP contribution is -2.37. The van der Waals surface area contributed by atoms with Crippen molar-refractivity contribution in [3.05, 3.63) is 35.1 Å². The molecular formula is C15H20FNO3. The average Bonchev–Trinajstić information content (AvgIpc) is 2.26. The molecule has 1 unspecified atom stereocenters. The smallest absolute Gasteiger partial charge is 0.305 e. The fourth-order valence-corrected chi connectivity index (χ4v) is 2.12. The Morgan fingerprint density at radius 2 is 2.00 bits per heavy atom. The first-order valence-electron chi connectivity index (χ1n) is 6.58. The third-order valence-electron chi connectivity index (χ3n) is 2.95. The van der Waals surface area contributed by atoms with Crippen molar-refractivity contribution in [2.45, 2.75) is 39.7 Å². The Labute approximate surface area is 118 Å². The van der Waals surface area contributed by atoms with E-state index in [9.17, 15) is 14.0 Å². The molecule has 1 aromatic rings. The van der Waals surface area contributed by atoms with Crippen LogP contribution in [0.15, 0.2) is 18.2 Å². The van der Waals surface area contributed by atoms with Crippen LogP contribution in [0.2, 0.25) is 0 Å². The average molecular weight is 281 g/mol. The van der Waals surface area contributed by atoms with E-state index >= 15 is 0 Å². The number of amides is 1. The maximum atomic E-state index is 13.0. The zero-order chi connectivity index (χ0) is 15.3. The van der Waals surface area contributed by atoms with Crippen molar-refractivity contribution in [1.82, 2.24) is 5.32 Å². The van der Waals surface area contributed by atoms with Gasteiger partial charge in [0.15, 0.2) is 0 Å². The summed E-state index contributed by atoms with van der Waals surface area (Å²) in [5, 5.41) is 11.6. The SMILES string of the molecule is Cc1cc(F)ccc1C(=O)NC(CC(=O)O)CC(C)C. The number of carbonyl (C=O) groups excluding carboxylic acids is 1. The Balaban J connectivity index is 2.81. The van der Waals surface area contributed by atoms with Crippen molar-refractivity contribution >= 4 is 11.9 Å². The van der Waals surface area contributed by atoms with Crippen molar-refractivity contribution in [3.8, 4) is 0 Å². The molecule has 5 heteroatoms. The summed E-state index contributed by atoms with van der Waals surface area (Å²) in [4.78, 5) is 22.9. The maximum Gasteiger partial charge on any atom is 0.305 e. The summed E-state index contributed by atoms with van der Waals surface area (Å²) < 4.78 is 13.0. The predicted molar refractivity (Wildman–Crippen MR) is 74.1 cm³/mol. The summed E-state index contributed by atoms with van der Waals surface area (Å²) in [6.07, 6.45) is 0.461. The summed E-state index contributed by atoms with van der Waals surface area (Å²) in [7, 11) is 0. The topological polar surface area (TPSA) is 66.4 Å². The lowest BCUT2D eigenvalue weighted by molar-refractivity contribution is -0.137. The summed E-state index contributed by atoms with van der Waals surface area (Å²) in [6.45, 7) is 5.57. The van der Waals surface area contributed by atoms with Gasteiger partial charge in [-0.2, -0.15) is 0 Å². The molecule has 1 atom stereocenters. The highest BCUT2D eigenvalue weighted by atomic mass is 19.1. The molecule has 1 aromatic carbocycles. The van der Waals surface area contributed by atoms with Gasteiger partial charge in [0, 0.05) is 11.6 Å². The van der Waals surface area contributed by atoms with Gasteiger partial charge in [-0.15, -0.1) is 0 Å². The fourth-order valence-electron chi connectivity index (χ4n) is 2.12. The van der Waals surface area contributed by atoms with E-state index in [2.05, 4.69) is 5.32 Å². The van der Waals surface area contributed by atoms with Crippen molar-refractivity contribution in [1.29, 1.82) is 0 Å². The van der Waals surface area contributed by atoms with E-state index in [1.165, 1.54) is 18.2 Å². The Morgan fingerprint density at radius 3 is 2.50 bits per heavy atom. The van der Waals surface area contributed by atoms with E-state index in [0.717, 1.165) is 0 Å². The second kappa shape index (κ2) is 7.03. The molecule has 0 aliphatic carbocycles. The van der Waals surface area contributed by atoms with E-state index in [1.54, 1.807) is 6.92 Å². The minimum absolute atomic E-state index is 0.121. The van der Waals surface area contributed by atoms with Crippen LogP contribution >= 0.6 is 0 Å². The van der Waals surface area contributed by atoms with Crippen LogP contribution in [-0.2, 0) is 4.79 Å². The molecule has 0 spiro atoms. The number of benzene rings is 1. The predicted octanol–water partition coefficient (Wildman–Crippen LogP) is 2.75. The molecule has 1 rings (SSSR count). The Morgan fingerprint density at radius 1 is 1.35 bits per heavy atom. The van der Waals surface area contributed by atoms with Gasteiger partial charge in [-0.05, 0) is 43.0 Å². The molecule has 110 valence electrons. The first kappa shape index (κ1) is 16.1. The third-order valence-corrected chi connectivity index (χ3v) is 2.95. The van der Waals surface area contributed by atoms with Crippen LogP contribution in [0.4, 0.5) is 4.39 Å². The quantitative estimate of drug-likeness (QED) is 0.842. The van der Waals surface area contributed by atoms with Crippen LogP contribution in [0.25, 0.3) is 0 Å². The minimum Gasteiger partial charge on any atom is -0.481 e. The van der Waals surface area contributed by atoms with E-state index in [1.807, 2.05) is 13.8 Å². The number of carboxylic acids is 1. The van der Waals surface area contributed by atoms with Crippen molar-refractivity contribution in [2.24, 2.45) is 5.92 Å². The molecule has 0 radical (unpaired) electrons. The molecule has 0 saturated carbocycles. The molecular weight excluding hydrogens is 261 g/mol. The molecule has 0 saturated heterocycles. The van der Waals surface area contributed by atoms with Crippen LogP contribution < -0.4 is 5.32 Å². The first-order chi connectivity index (χ1) is 9.29. The van der Waals surface area contributed by atoms with Crippen LogP contribution in [0.5, 0.6) is 0 Å². The van der Waals surface area contributed by atoms with Gasteiger partial charge in [-0.3, -0.25) is 9.59 Å². The normalized spacial score (nSPS) is 12.2. The van der Waals surface area contributed by atoms with Crippen LogP contribution in [-0.4, -0.2) is 23.0 Å².